The first-order valence-electron chi connectivity index (χ1n) is 5.08. The van der Waals surface area contributed by atoms with Crippen molar-refractivity contribution in [3.8, 4) is 0 Å². The van der Waals surface area contributed by atoms with E-state index in [1.165, 1.54) is 0 Å². The van der Waals surface area contributed by atoms with E-state index in [-0.39, 0.29) is 11.9 Å². The number of rotatable bonds is 1. The van der Waals surface area contributed by atoms with E-state index in [2.05, 4.69) is 4.98 Å². The lowest BCUT2D eigenvalue weighted by atomic mass is 10.1. The average Bonchev–Trinajstić information content (AvgIpc) is 2.67. The fourth-order valence-corrected chi connectivity index (χ4v) is 2.36. The van der Waals surface area contributed by atoms with E-state index < -0.39 is 0 Å². The molecular weight excluding hydrogens is 212 g/mol. The Morgan fingerprint density at radius 1 is 1.67 bits per heavy atom. The molecule has 1 atom stereocenters. The van der Waals surface area contributed by atoms with Gasteiger partial charge in [-0.3, -0.25) is 4.79 Å². The summed E-state index contributed by atoms with van der Waals surface area (Å²) >= 11 is 6.03. The molecule has 0 bridgehead atoms. The van der Waals surface area contributed by atoms with Crippen LogP contribution in [0, 0.1) is 0 Å². The molecule has 0 aliphatic carbocycles. The summed E-state index contributed by atoms with van der Waals surface area (Å²) in [6.07, 6.45) is 3.68. The van der Waals surface area contributed by atoms with E-state index in [0.717, 1.165) is 24.9 Å². The van der Waals surface area contributed by atoms with Gasteiger partial charge in [-0.1, -0.05) is 17.7 Å². The zero-order chi connectivity index (χ0) is 10.8. The molecule has 15 heavy (non-hydrogen) atoms. The molecule has 0 aromatic carbocycles. The van der Waals surface area contributed by atoms with Crippen molar-refractivity contribution >= 4 is 17.5 Å². The largest absolute Gasteiger partial charge is 0.336 e. The molecule has 0 N–H and O–H groups in total. The smallest absolute Gasteiger partial charge is 0.219 e. The Hall–Kier alpha value is -1.09. The molecule has 80 valence electrons. The SMILES string of the molecule is CC(=O)N1CCCC1c1cccnc1Cl. The number of likely N-dealkylation sites (tertiary alicyclic amines) is 1. The highest BCUT2D eigenvalue weighted by molar-refractivity contribution is 6.30. The van der Waals surface area contributed by atoms with Gasteiger partial charge in [-0.2, -0.15) is 0 Å². The van der Waals surface area contributed by atoms with E-state index >= 15 is 0 Å². The van der Waals surface area contributed by atoms with Crippen LogP contribution in [0.1, 0.15) is 31.4 Å². The topological polar surface area (TPSA) is 33.2 Å². The number of aromatic nitrogens is 1. The second kappa shape index (κ2) is 4.19. The van der Waals surface area contributed by atoms with Crippen LogP contribution in [0.2, 0.25) is 5.15 Å². The van der Waals surface area contributed by atoms with Gasteiger partial charge in [0.2, 0.25) is 5.91 Å². The summed E-state index contributed by atoms with van der Waals surface area (Å²) in [6, 6.07) is 3.92. The summed E-state index contributed by atoms with van der Waals surface area (Å²) in [5.41, 5.74) is 0.965. The predicted octanol–water partition coefficient (Wildman–Crippen LogP) is 2.42. The lowest BCUT2D eigenvalue weighted by Gasteiger charge is -2.23. The van der Waals surface area contributed by atoms with Crippen LogP contribution in [-0.2, 0) is 4.79 Å². The molecule has 1 unspecified atom stereocenters. The van der Waals surface area contributed by atoms with Crippen LogP contribution in [0.4, 0.5) is 0 Å². The highest BCUT2D eigenvalue weighted by atomic mass is 35.5. The van der Waals surface area contributed by atoms with E-state index in [1.807, 2.05) is 17.0 Å². The van der Waals surface area contributed by atoms with E-state index in [9.17, 15) is 4.79 Å². The minimum Gasteiger partial charge on any atom is -0.336 e. The number of nitrogens with zero attached hydrogens (tertiary/aromatic N) is 2. The summed E-state index contributed by atoms with van der Waals surface area (Å²) < 4.78 is 0. The van der Waals surface area contributed by atoms with Gasteiger partial charge in [-0.15, -0.1) is 0 Å². The fourth-order valence-electron chi connectivity index (χ4n) is 2.11. The number of hydrogen-bond acceptors (Lipinski definition) is 2. The van der Waals surface area contributed by atoms with Gasteiger partial charge < -0.3 is 4.90 Å². The average molecular weight is 225 g/mol. The molecule has 1 fully saturated rings. The molecular formula is C11H13ClN2O. The number of amides is 1. The van der Waals surface area contributed by atoms with Crippen LogP contribution in [0.25, 0.3) is 0 Å². The van der Waals surface area contributed by atoms with Gasteiger partial charge >= 0.3 is 0 Å². The minimum atomic E-state index is 0.109. The van der Waals surface area contributed by atoms with Crippen LogP contribution in [0.5, 0.6) is 0 Å². The Morgan fingerprint density at radius 2 is 2.47 bits per heavy atom. The van der Waals surface area contributed by atoms with E-state index in [4.69, 9.17) is 11.6 Å². The van der Waals surface area contributed by atoms with Crippen molar-refractivity contribution in [2.75, 3.05) is 6.54 Å². The Morgan fingerprint density at radius 3 is 3.13 bits per heavy atom. The number of halogens is 1. The Labute approximate surface area is 94.1 Å². The van der Waals surface area contributed by atoms with Gasteiger partial charge in [0.1, 0.15) is 5.15 Å². The highest BCUT2D eigenvalue weighted by Crippen LogP contribution is 2.34. The van der Waals surface area contributed by atoms with Gasteiger partial charge in [-0.25, -0.2) is 4.98 Å². The van der Waals surface area contributed by atoms with Gasteiger partial charge in [0.05, 0.1) is 6.04 Å². The molecule has 2 heterocycles. The third-order valence-electron chi connectivity index (χ3n) is 2.80. The third-order valence-corrected chi connectivity index (χ3v) is 3.12. The van der Waals surface area contributed by atoms with Crippen molar-refractivity contribution in [2.24, 2.45) is 0 Å². The van der Waals surface area contributed by atoms with Crippen LogP contribution in [0.3, 0.4) is 0 Å². The molecule has 0 spiro atoms. The number of hydrogen-bond donors (Lipinski definition) is 0. The molecule has 1 saturated heterocycles. The predicted molar refractivity (Wildman–Crippen MR) is 58.6 cm³/mol. The maximum atomic E-state index is 11.4. The fraction of sp³-hybridized carbons (Fsp3) is 0.455. The molecule has 1 aliphatic rings. The van der Waals surface area contributed by atoms with Gasteiger partial charge in [0, 0.05) is 25.2 Å². The van der Waals surface area contributed by atoms with Crippen molar-refractivity contribution in [1.29, 1.82) is 0 Å². The summed E-state index contributed by atoms with van der Waals surface area (Å²) in [7, 11) is 0. The zero-order valence-electron chi connectivity index (χ0n) is 8.61. The molecule has 0 radical (unpaired) electrons. The van der Waals surface area contributed by atoms with Crippen molar-refractivity contribution < 1.29 is 4.79 Å². The Bertz CT molecular complexity index is 381. The molecule has 1 aromatic rings. The van der Waals surface area contributed by atoms with Crippen molar-refractivity contribution in [1.82, 2.24) is 9.88 Å². The normalized spacial score (nSPS) is 20.7. The van der Waals surface area contributed by atoms with Gasteiger partial charge in [-0.05, 0) is 18.9 Å². The van der Waals surface area contributed by atoms with Gasteiger partial charge in [0.25, 0.3) is 0 Å². The summed E-state index contributed by atoms with van der Waals surface area (Å²) in [5.74, 6) is 0.109. The summed E-state index contributed by atoms with van der Waals surface area (Å²) in [6.45, 7) is 2.42. The molecule has 1 aliphatic heterocycles. The van der Waals surface area contributed by atoms with Crippen molar-refractivity contribution in [3.05, 3.63) is 29.0 Å². The van der Waals surface area contributed by atoms with Crippen LogP contribution in [-0.4, -0.2) is 22.3 Å². The molecule has 0 saturated carbocycles. The van der Waals surface area contributed by atoms with Crippen molar-refractivity contribution in [3.63, 3.8) is 0 Å². The van der Waals surface area contributed by atoms with Crippen LogP contribution in [0.15, 0.2) is 18.3 Å². The second-order valence-electron chi connectivity index (χ2n) is 3.75. The standard InChI is InChI=1S/C11H13ClN2O/c1-8(15)14-7-3-5-10(14)9-4-2-6-13-11(9)12/h2,4,6,10H,3,5,7H2,1H3. The molecule has 1 amide bonds. The first kappa shape index (κ1) is 10.4. The van der Waals surface area contributed by atoms with Crippen molar-refractivity contribution in [2.45, 2.75) is 25.8 Å². The Kier molecular flexibility index (Phi) is 2.91. The monoisotopic (exact) mass is 224 g/mol. The summed E-state index contributed by atoms with van der Waals surface area (Å²) in [4.78, 5) is 17.3. The van der Waals surface area contributed by atoms with Gasteiger partial charge in [0.15, 0.2) is 0 Å². The molecule has 4 heteroatoms. The number of pyridine rings is 1. The van der Waals surface area contributed by atoms with Crippen LogP contribution >= 0.6 is 11.6 Å². The van der Waals surface area contributed by atoms with E-state index in [0.29, 0.717) is 5.15 Å². The van der Waals surface area contributed by atoms with Crippen LogP contribution < -0.4 is 0 Å². The zero-order valence-corrected chi connectivity index (χ0v) is 9.37. The maximum Gasteiger partial charge on any atom is 0.219 e. The quantitative estimate of drug-likeness (QED) is 0.687. The lowest BCUT2D eigenvalue weighted by molar-refractivity contribution is -0.129. The lowest BCUT2D eigenvalue weighted by Crippen LogP contribution is -2.28. The second-order valence-corrected chi connectivity index (χ2v) is 4.11. The minimum absolute atomic E-state index is 0.109. The molecule has 2 rings (SSSR count). The highest BCUT2D eigenvalue weighted by Gasteiger charge is 2.29. The van der Waals surface area contributed by atoms with E-state index in [1.54, 1.807) is 13.1 Å². The Balaban J connectivity index is 2.30. The first-order chi connectivity index (χ1) is 7.20. The first-order valence-corrected chi connectivity index (χ1v) is 5.45. The summed E-state index contributed by atoms with van der Waals surface area (Å²) in [5, 5.41) is 0.510. The maximum absolute atomic E-state index is 11.4. The number of carbonyl (C=O) groups excluding carboxylic acids is 1. The molecule has 1 aromatic heterocycles. The molecule has 3 nitrogen and oxygen atoms in total. The number of carbonyl (C=O) groups is 1. The third kappa shape index (κ3) is 1.97.